The molecule has 0 radical (unpaired) electrons. The molecule has 96 valence electrons. The van der Waals surface area contributed by atoms with E-state index in [0.717, 1.165) is 18.4 Å². The van der Waals surface area contributed by atoms with E-state index in [2.05, 4.69) is 57.4 Å². The van der Waals surface area contributed by atoms with Crippen LogP contribution in [-0.4, -0.2) is 13.6 Å². The number of benzene rings is 1. The zero-order chi connectivity index (χ0) is 12.7. The van der Waals surface area contributed by atoms with Gasteiger partial charge in [-0.05, 0) is 50.8 Å². The Bertz CT molecular complexity index is 302. The summed E-state index contributed by atoms with van der Waals surface area (Å²) in [4.78, 5) is 0. The summed E-state index contributed by atoms with van der Waals surface area (Å²) in [5.41, 5.74) is 2.82. The molecule has 0 heterocycles. The van der Waals surface area contributed by atoms with Crippen LogP contribution in [0, 0.1) is 18.8 Å². The maximum Gasteiger partial charge on any atom is -0.00202 e. The van der Waals surface area contributed by atoms with Crippen LogP contribution < -0.4 is 5.32 Å². The molecule has 1 aromatic rings. The molecular weight excluding hydrogens is 206 g/mol. The molecule has 1 heteroatoms. The van der Waals surface area contributed by atoms with Gasteiger partial charge in [0.2, 0.25) is 0 Å². The van der Waals surface area contributed by atoms with E-state index in [0.29, 0.717) is 0 Å². The quantitative estimate of drug-likeness (QED) is 0.755. The van der Waals surface area contributed by atoms with Crippen molar-refractivity contribution < 1.29 is 0 Å². The zero-order valence-corrected chi connectivity index (χ0v) is 11.8. The predicted octanol–water partition coefficient (Wildman–Crippen LogP) is 3.81. The van der Waals surface area contributed by atoms with E-state index in [1.54, 1.807) is 0 Å². The first-order valence-corrected chi connectivity index (χ1v) is 6.85. The van der Waals surface area contributed by atoms with Crippen LogP contribution in [0.25, 0.3) is 0 Å². The normalized spacial score (nSPS) is 14.6. The largest absolute Gasteiger partial charge is 0.319 e. The summed E-state index contributed by atoms with van der Waals surface area (Å²) >= 11 is 0. The van der Waals surface area contributed by atoms with Crippen molar-refractivity contribution in [1.82, 2.24) is 5.32 Å². The van der Waals surface area contributed by atoms with Crippen LogP contribution in [-0.2, 0) is 6.42 Å². The third-order valence-electron chi connectivity index (χ3n) is 3.57. The molecule has 0 amide bonds. The average Bonchev–Trinajstić information content (AvgIpc) is 2.32. The van der Waals surface area contributed by atoms with Gasteiger partial charge in [-0.2, -0.15) is 0 Å². The van der Waals surface area contributed by atoms with Gasteiger partial charge in [0, 0.05) is 0 Å². The minimum absolute atomic E-state index is 0.762. The van der Waals surface area contributed by atoms with Crippen molar-refractivity contribution in [3.8, 4) is 0 Å². The maximum atomic E-state index is 3.33. The van der Waals surface area contributed by atoms with Gasteiger partial charge in [-0.25, -0.2) is 0 Å². The molecule has 2 unspecified atom stereocenters. The Hall–Kier alpha value is -0.820. The van der Waals surface area contributed by atoms with Crippen LogP contribution in [0.3, 0.4) is 0 Å². The number of aryl methyl sites for hydroxylation is 1. The molecule has 0 saturated carbocycles. The molecule has 1 rings (SSSR count). The topological polar surface area (TPSA) is 12.0 Å². The van der Waals surface area contributed by atoms with Crippen molar-refractivity contribution in [2.24, 2.45) is 11.8 Å². The molecule has 2 atom stereocenters. The van der Waals surface area contributed by atoms with E-state index in [1.165, 1.54) is 30.4 Å². The van der Waals surface area contributed by atoms with Crippen LogP contribution in [0.2, 0.25) is 0 Å². The fourth-order valence-electron chi connectivity index (χ4n) is 2.32. The standard InChI is InChI=1S/C16H27N/c1-5-13(2)10-16(12-17-4)11-15-8-6-14(3)7-9-15/h6-9,13,16-17H,5,10-12H2,1-4H3. The highest BCUT2D eigenvalue weighted by Gasteiger charge is 2.12. The molecule has 17 heavy (non-hydrogen) atoms. The Morgan fingerprint density at radius 3 is 2.35 bits per heavy atom. The molecule has 0 aliphatic heterocycles. The number of rotatable bonds is 7. The number of nitrogens with one attached hydrogen (secondary N) is 1. The zero-order valence-electron chi connectivity index (χ0n) is 11.8. The van der Waals surface area contributed by atoms with Crippen LogP contribution in [0.1, 0.15) is 37.8 Å². The molecule has 0 bridgehead atoms. The lowest BCUT2D eigenvalue weighted by Crippen LogP contribution is -2.22. The van der Waals surface area contributed by atoms with Gasteiger partial charge in [-0.1, -0.05) is 50.1 Å². The summed E-state index contributed by atoms with van der Waals surface area (Å²) in [5.74, 6) is 1.59. The smallest absolute Gasteiger partial charge is 0.00202 e. The lowest BCUT2D eigenvalue weighted by Gasteiger charge is -2.20. The van der Waals surface area contributed by atoms with E-state index in [-0.39, 0.29) is 0 Å². The molecule has 0 fully saturated rings. The van der Waals surface area contributed by atoms with Gasteiger partial charge in [0.1, 0.15) is 0 Å². The van der Waals surface area contributed by atoms with Crippen molar-refractivity contribution in [1.29, 1.82) is 0 Å². The minimum Gasteiger partial charge on any atom is -0.319 e. The van der Waals surface area contributed by atoms with Crippen LogP contribution in [0.15, 0.2) is 24.3 Å². The summed E-state index contributed by atoms with van der Waals surface area (Å²) in [6.45, 7) is 7.91. The summed E-state index contributed by atoms with van der Waals surface area (Å²) in [7, 11) is 2.05. The van der Waals surface area contributed by atoms with Gasteiger partial charge in [0.05, 0.1) is 0 Å². The third-order valence-corrected chi connectivity index (χ3v) is 3.57. The highest BCUT2D eigenvalue weighted by atomic mass is 14.8. The second-order valence-electron chi connectivity index (χ2n) is 5.36. The molecule has 0 spiro atoms. The Morgan fingerprint density at radius 2 is 1.82 bits per heavy atom. The van der Waals surface area contributed by atoms with E-state index in [1.807, 2.05) is 0 Å². The minimum atomic E-state index is 0.762. The highest BCUT2D eigenvalue weighted by Crippen LogP contribution is 2.19. The Morgan fingerprint density at radius 1 is 1.18 bits per heavy atom. The molecule has 0 aliphatic rings. The summed E-state index contributed by atoms with van der Waals surface area (Å²) < 4.78 is 0. The Balaban J connectivity index is 2.56. The first-order valence-electron chi connectivity index (χ1n) is 6.85. The maximum absolute atomic E-state index is 3.33. The lowest BCUT2D eigenvalue weighted by molar-refractivity contribution is 0.371. The first kappa shape index (κ1) is 14.2. The van der Waals surface area contributed by atoms with Gasteiger partial charge in [0.15, 0.2) is 0 Å². The molecule has 0 saturated heterocycles. The van der Waals surface area contributed by atoms with Crippen molar-refractivity contribution in [2.45, 2.75) is 40.0 Å². The lowest BCUT2D eigenvalue weighted by atomic mass is 9.89. The molecule has 0 aromatic heterocycles. The van der Waals surface area contributed by atoms with Crippen LogP contribution in [0.5, 0.6) is 0 Å². The average molecular weight is 233 g/mol. The fraction of sp³-hybridized carbons (Fsp3) is 0.625. The van der Waals surface area contributed by atoms with Gasteiger partial charge in [0.25, 0.3) is 0 Å². The first-order chi connectivity index (χ1) is 8.15. The summed E-state index contributed by atoms with van der Waals surface area (Å²) in [5, 5.41) is 3.33. The third kappa shape index (κ3) is 5.36. The SMILES string of the molecule is CCC(C)CC(CNC)Cc1ccc(C)cc1. The van der Waals surface area contributed by atoms with Crippen molar-refractivity contribution >= 4 is 0 Å². The second kappa shape index (κ2) is 7.50. The van der Waals surface area contributed by atoms with Crippen molar-refractivity contribution in [3.63, 3.8) is 0 Å². The van der Waals surface area contributed by atoms with E-state index in [9.17, 15) is 0 Å². The molecule has 1 nitrogen and oxygen atoms in total. The number of hydrogen-bond acceptors (Lipinski definition) is 1. The predicted molar refractivity (Wildman–Crippen MR) is 76.4 cm³/mol. The van der Waals surface area contributed by atoms with Gasteiger partial charge in [-0.15, -0.1) is 0 Å². The van der Waals surface area contributed by atoms with E-state index in [4.69, 9.17) is 0 Å². The van der Waals surface area contributed by atoms with Gasteiger partial charge >= 0.3 is 0 Å². The second-order valence-corrected chi connectivity index (χ2v) is 5.36. The van der Waals surface area contributed by atoms with Crippen LogP contribution in [0.4, 0.5) is 0 Å². The van der Waals surface area contributed by atoms with E-state index < -0.39 is 0 Å². The van der Waals surface area contributed by atoms with Crippen molar-refractivity contribution in [3.05, 3.63) is 35.4 Å². The Kier molecular flexibility index (Phi) is 6.28. The fourth-order valence-corrected chi connectivity index (χ4v) is 2.32. The Labute approximate surface area is 107 Å². The van der Waals surface area contributed by atoms with E-state index >= 15 is 0 Å². The summed E-state index contributed by atoms with van der Waals surface area (Å²) in [6, 6.07) is 8.98. The van der Waals surface area contributed by atoms with Crippen LogP contribution >= 0.6 is 0 Å². The van der Waals surface area contributed by atoms with Gasteiger partial charge in [-0.3, -0.25) is 0 Å². The molecular formula is C16H27N. The highest BCUT2D eigenvalue weighted by molar-refractivity contribution is 5.21. The molecule has 1 aromatic carbocycles. The molecule has 1 N–H and O–H groups in total. The number of hydrogen-bond donors (Lipinski definition) is 1. The van der Waals surface area contributed by atoms with Crippen molar-refractivity contribution in [2.75, 3.05) is 13.6 Å². The summed E-state index contributed by atoms with van der Waals surface area (Å²) in [6.07, 6.45) is 3.81. The van der Waals surface area contributed by atoms with Gasteiger partial charge < -0.3 is 5.32 Å². The molecule has 0 aliphatic carbocycles. The monoisotopic (exact) mass is 233 g/mol.